The van der Waals surface area contributed by atoms with Crippen LogP contribution >= 0.6 is 31.9 Å². The molecule has 0 aliphatic rings. The normalized spacial score (nSPS) is 12.5. The Morgan fingerprint density at radius 2 is 1.53 bits per heavy atom. The second-order valence-corrected chi connectivity index (χ2v) is 5.98. The van der Waals surface area contributed by atoms with Crippen LogP contribution in [0.4, 0.5) is 13.2 Å². The standard InChI is InChI=1S/C14H9Br2F3/c1-7-4-12(18)10(6-11(7)17)14(16)9-3-2-8(15)5-13(9)19/h2-6,14H,1H3. The van der Waals surface area contributed by atoms with E-state index in [9.17, 15) is 13.2 Å². The molecule has 0 nitrogen and oxygen atoms in total. The Morgan fingerprint density at radius 3 is 2.16 bits per heavy atom. The summed E-state index contributed by atoms with van der Waals surface area (Å²) in [4.78, 5) is -0.740. The van der Waals surface area contributed by atoms with E-state index in [4.69, 9.17) is 0 Å². The lowest BCUT2D eigenvalue weighted by Crippen LogP contribution is -2.01. The average molecular weight is 394 g/mol. The van der Waals surface area contributed by atoms with Crippen LogP contribution in [0.25, 0.3) is 0 Å². The first kappa shape index (κ1) is 14.6. The molecule has 0 saturated heterocycles. The van der Waals surface area contributed by atoms with Crippen LogP contribution in [0.15, 0.2) is 34.8 Å². The summed E-state index contributed by atoms with van der Waals surface area (Å²) >= 11 is 6.36. The molecule has 0 bridgehead atoms. The SMILES string of the molecule is Cc1cc(F)c(C(Br)c2ccc(Br)cc2F)cc1F. The summed E-state index contributed by atoms with van der Waals surface area (Å²) in [6, 6.07) is 6.65. The predicted molar refractivity (Wildman–Crippen MR) is 76.0 cm³/mol. The third-order valence-electron chi connectivity index (χ3n) is 2.79. The maximum absolute atomic E-state index is 13.8. The quantitative estimate of drug-likeness (QED) is 0.577. The molecule has 1 unspecified atom stereocenters. The van der Waals surface area contributed by atoms with Crippen LogP contribution in [0.3, 0.4) is 0 Å². The van der Waals surface area contributed by atoms with Gasteiger partial charge in [0.25, 0.3) is 0 Å². The lowest BCUT2D eigenvalue weighted by molar-refractivity contribution is 0.576. The molecular weight excluding hydrogens is 385 g/mol. The Bertz CT molecular complexity index is 626. The van der Waals surface area contributed by atoms with Gasteiger partial charge in [-0.3, -0.25) is 0 Å². The smallest absolute Gasteiger partial charge is 0.129 e. The molecule has 19 heavy (non-hydrogen) atoms. The van der Waals surface area contributed by atoms with Gasteiger partial charge < -0.3 is 0 Å². The Hall–Kier alpha value is -0.810. The largest absolute Gasteiger partial charge is 0.207 e. The van der Waals surface area contributed by atoms with Crippen LogP contribution in [-0.2, 0) is 0 Å². The van der Waals surface area contributed by atoms with Gasteiger partial charge in [-0.1, -0.05) is 37.9 Å². The molecule has 1 atom stereocenters. The highest BCUT2D eigenvalue weighted by Gasteiger charge is 2.20. The summed E-state index contributed by atoms with van der Waals surface area (Å²) in [5.41, 5.74) is 0.548. The van der Waals surface area contributed by atoms with Crippen molar-refractivity contribution >= 4 is 31.9 Å². The molecule has 100 valence electrons. The number of hydrogen-bond donors (Lipinski definition) is 0. The lowest BCUT2D eigenvalue weighted by atomic mass is 10.0. The van der Waals surface area contributed by atoms with Crippen molar-refractivity contribution in [3.05, 3.63) is 68.9 Å². The Kier molecular flexibility index (Phi) is 4.36. The van der Waals surface area contributed by atoms with Crippen molar-refractivity contribution in [1.82, 2.24) is 0 Å². The molecule has 0 aliphatic heterocycles. The summed E-state index contributed by atoms with van der Waals surface area (Å²) in [5.74, 6) is -1.57. The highest BCUT2D eigenvalue weighted by Crippen LogP contribution is 2.35. The fourth-order valence-electron chi connectivity index (χ4n) is 1.73. The van der Waals surface area contributed by atoms with Crippen LogP contribution in [0.1, 0.15) is 21.5 Å². The maximum Gasteiger partial charge on any atom is 0.129 e. The van der Waals surface area contributed by atoms with E-state index < -0.39 is 22.3 Å². The molecule has 0 saturated carbocycles. The van der Waals surface area contributed by atoms with Crippen LogP contribution < -0.4 is 0 Å². The van der Waals surface area contributed by atoms with Crippen molar-refractivity contribution in [2.24, 2.45) is 0 Å². The van der Waals surface area contributed by atoms with Gasteiger partial charge in [0.1, 0.15) is 17.5 Å². The van der Waals surface area contributed by atoms with Gasteiger partial charge in [0, 0.05) is 15.6 Å². The minimum absolute atomic E-state index is 0.0734. The maximum atomic E-state index is 13.8. The fraction of sp³-hybridized carbons (Fsp3) is 0.143. The third-order valence-corrected chi connectivity index (χ3v) is 4.27. The first-order valence-electron chi connectivity index (χ1n) is 5.44. The van der Waals surface area contributed by atoms with E-state index in [1.54, 1.807) is 6.07 Å². The Labute approximate surface area is 125 Å². The number of benzene rings is 2. The molecule has 2 rings (SSSR count). The molecule has 2 aromatic rings. The Balaban J connectivity index is 2.49. The number of rotatable bonds is 2. The van der Waals surface area contributed by atoms with Crippen molar-refractivity contribution in [2.75, 3.05) is 0 Å². The van der Waals surface area contributed by atoms with Crippen molar-refractivity contribution in [2.45, 2.75) is 11.8 Å². The van der Waals surface area contributed by atoms with E-state index in [2.05, 4.69) is 31.9 Å². The van der Waals surface area contributed by atoms with Crippen LogP contribution in [-0.4, -0.2) is 0 Å². The highest BCUT2D eigenvalue weighted by atomic mass is 79.9. The number of halogens is 5. The number of hydrogen-bond acceptors (Lipinski definition) is 0. The summed E-state index contributed by atoms with van der Waals surface area (Å²) < 4.78 is 41.8. The molecule has 5 heteroatoms. The minimum Gasteiger partial charge on any atom is -0.207 e. The van der Waals surface area contributed by atoms with E-state index in [0.29, 0.717) is 4.47 Å². The summed E-state index contributed by atoms with van der Waals surface area (Å²) in [6.45, 7) is 1.48. The number of aryl methyl sites for hydroxylation is 1. The molecule has 0 aliphatic carbocycles. The van der Waals surface area contributed by atoms with Gasteiger partial charge >= 0.3 is 0 Å². The molecule has 2 aromatic carbocycles. The molecule has 0 fully saturated rings. The topological polar surface area (TPSA) is 0 Å². The van der Waals surface area contributed by atoms with E-state index in [0.717, 1.165) is 12.1 Å². The Morgan fingerprint density at radius 1 is 0.895 bits per heavy atom. The van der Waals surface area contributed by atoms with Crippen molar-refractivity contribution in [3.63, 3.8) is 0 Å². The zero-order valence-electron chi connectivity index (χ0n) is 9.85. The first-order valence-corrected chi connectivity index (χ1v) is 7.15. The van der Waals surface area contributed by atoms with Gasteiger partial charge in [-0.15, -0.1) is 0 Å². The predicted octanol–water partition coefficient (Wildman–Crippen LogP) is 5.66. The van der Waals surface area contributed by atoms with Gasteiger partial charge in [0.15, 0.2) is 0 Å². The summed E-state index contributed by atoms with van der Waals surface area (Å²) in [6.07, 6.45) is 0. The molecule has 0 amide bonds. The highest BCUT2D eigenvalue weighted by molar-refractivity contribution is 9.10. The summed E-state index contributed by atoms with van der Waals surface area (Å²) in [5, 5.41) is 0. The van der Waals surface area contributed by atoms with Crippen molar-refractivity contribution in [1.29, 1.82) is 0 Å². The molecule has 0 N–H and O–H groups in total. The molecule has 0 spiro atoms. The summed E-state index contributed by atoms with van der Waals surface area (Å²) in [7, 11) is 0. The number of alkyl halides is 1. The average Bonchev–Trinajstić information content (AvgIpc) is 2.33. The molecule has 0 radical (unpaired) electrons. The zero-order valence-corrected chi connectivity index (χ0v) is 13.0. The van der Waals surface area contributed by atoms with Crippen molar-refractivity contribution in [3.8, 4) is 0 Å². The van der Waals surface area contributed by atoms with E-state index in [1.807, 2.05) is 0 Å². The second kappa shape index (κ2) is 5.67. The van der Waals surface area contributed by atoms with Gasteiger partial charge in [-0.2, -0.15) is 0 Å². The van der Waals surface area contributed by atoms with E-state index >= 15 is 0 Å². The van der Waals surface area contributed by atoms with Gasteiger partial charge in [0.05, 0.1) is 4.83 Å². The van der Waals surface area contributed by atoms with Gasteiger partial charge in [-0.25, -0.2) is 13.2 Å². The molecule has 0 aromatic heterocycles. The van der Waals surface area contributed by atoms with Crippen LogP contribution in [0.2, 0.25) is 0 Å². The first-order chi connectivity index (χ1) is 8.90. The lowest BCUT2D eigenvalue weighted by Gasteiger charge is -2.14. The molecule has 0 heterocycles. The second-order valence-electron chi connectivity index (χ2n) is 4.15. The zero-order chi connectivity index (χ0) is 14.2. The molecular formula is C14H9Br2F3. The monoisotopic (exact) mass is 392 g/mol. The third kappa shape index (κ3) is 3.03. The minimum atomic E-state index is -0.740. The van der Waals surface area contributed by atoms with Crippen LogP contribution in [0.5, 0.6) is 0 Å². The van der Waals surface area contributed by atoms with E-state index in [1.165, 1.54) is 19.1 Å². The van der Waals surface area contributed by atoms with Crippen molar-refractivity contribution < 1.29 is 13.2 Å². The van der Waals surface area contributed by atoms with Crippen LogP contribution in [0, 0.1) is 24.4 Å². The van der Waals surface area contributed by atoms with Gasteiger partial charge in [-0.05, 0) is 36.8 Å². The van der Waals surface area contributed by atoms with E-state index in [-0.39, 0.29) is 16.7 Å². The van der Waals surface area contributed by atoms with Gasteiger partial charge in [0.2, 0.25) is 0 Å². The fourth-order valence-corrected chi connectivity index (χ4v) is 2.79.